The van der Waals surface area contributed by atoms with E-state index in [4.69, 9.17) is 0 Å². The Morgan fingerprint density at radius 1 is 1.17 bits per heavy atom. The molecule has 0 saturated carbocycles. The summed E-state index contributed by atoms with van der Waals surface area (Å²) in [4.78, 5) is 25.1. The molecule has 0 fully saturated rings. The van der Waals surface area contributed by atoms with Crippen LogP contribution in [0.1, 0.15) is 16.7 Å². The van der Waals surface area contributed by atoms with Crippen LogP contribution in [0.3, 0.4) is 0 Å². The van der Waals surface area contributed by atoms with E-state index in [1.165, 1.54) is 6.92 Å². The van der Waals surface area contributed by atoms with Gasteiger partial charge in [-0.15, -0.1) is 0 Å². The van der Waals surface area contributed by atoms with Gasteiger partial charge in [0.15, 0.2) is 0 Å². The van der Waals surface area contributed by atoms with Crippen LogP contribution in [-0.2, 0) is 6.54 Å². The van der Waals surface area contributed by atoms with E-state index in [2.05, 4.69) is 4.98 Å². The molecule has 0 aliphatic heterocycles. The quantitative estimate of drug-likeness (QED) is 0.827. The fraction of sp³-hybridized carbons (Fsp3) is 0.231. The van der Waals surface area contributed by atoms with E-state index in [1.54, 1.807) is 0 Å². The lowest BCUT2D eigenvalue weighted by atomic mass is 10.1. The van der Waals surface area contributed by atoms with Crippen molar-refractivity contribution >= 4 is 0 Å². The third kappa shape index (κ3) is 2.20. The zero-order valence-corrected chi connectivity index (χ0v) is 10.2. The minimum atomic E-state index is -0.608. The van der Waals surface area contributed by atoms with Gasteiger partial charge in [-0.05, 0) is 19.4 Å². The molecule has 0 atom stereocenters. The standard InChI is InChI=1S/C13H14N2O3/c1-8-3-5-10(6-4-8)7-15-12(17)9(2)11(16)14-13(15)18/h3-6,17H,7H2,1-2H3,(H,14,16,18). The van der Waals surface area contributed by atoms with Crippen LogP contribution in [0.2, 0.25) is 0 Å². The maximum absolute atomic E-state index is 11.6. The number of H-pyrrole nitrogens is 1. The maximum atomic E-state index is 11.6. The Labute approximate surface area is 103 Å². The first-order chi connectivity index (χ1) is 8.49. The first-order valence-electron chi connectivity index (χ1n) is 5.57. The third-order valence-electron chi connectivity index (χ3n) is 2.86. The molecule has 94 valence electrons. The number of aromatic nitrogens is 2. The van der Waals surface area contributed by atoms with E-state index < -0.39 is 11.2 Å². The van der Waals surface area contributed by atoms with Crippen molar-refractivity contribution in [3.05, 3.63) is 61.8 Å². The number of hydrogen-bond donors (Lipinski definition) is 2. The van der Waals surface area contributed by atoms with Crippen molar-refractivity contribution in [1.29, 1.82) is 0 Å². The molecule has 0 unspecified atom stereocenters. The SMILES string of the molecule is Cc1ccc(Cn2c(O)c(C)c(=O)[nH]c2=O)cc1. The van der Waals surface area contributed by atoms with Crippen molar-refractivity contribution < 1.29 is 5.11 Å². The highest BCUT2D eigenvalue weighted by atomic mass is 16.3. The van der Waals surface area contributed by atoms with Crippen molar-refractivity contribution in [3.8, 4) is 5.88 Å². The number of nitrogens with zero attached hydrogens (tertiary/aromatic N) is 1. The van der Waals surface area contributed by atoms with E-state index >= 15 is 0 Å². The van der Waals surface area contributed by atoms with Gasteiger partial charge < -0.3 is 5.11 Å². The molecule has 0 aliphatic rings. The second kappa shape index (κ2) is 4.52. The van der Waals surface area contributed by atoms with Gasteiger partial charge in [-0.25, -0.2) is 4.79 Å². The summed E-state index contributed by atoms with van der Waals surface area (Å²) < 4.78 is 1.14. The van der Waals surface area contributed by atoms with Gasteiger partial charge >= 0.3 is 5.69 Å². The minimum Gasteiger partial charge on any atom is -0.494 e. The molecule has 1 heterocycles. The largest absolute Gasteiger partial charge is 0.494 e. The fourth-order valence-corrected chi connectivity index (χ4v) is 1.68. The lowest BCUT2D eigenvalue weighted by molar-refractivity contribution is 0.404. The molecule has 5 heteroatoms. The van der Waals surface area contributed by atoms with E-state index in [1.807, 2.05) is 31.2 Å². The number of hydrogen-bond acceptors (Lipinski definition) is 3. The van der Waals surface area contributed by atoms with Crippen LogP contribution in [0.15, 0.2) is 33.9 Å². The summed E-state index contributed by atoms with van der Waals surface area (Å²) >= 11 is 0. The Balaban J connectivity index is 2.47. The molecule has 1 aromatic heterocycles. The van der Waals surface area contributed by atoms with Crippen LogP contribution in [0.5, 0.6) is 5.88 Å². The average molecular weight is 246 g/mol. The van der Waals surface area contributed by atoms with Crippen molar-refractivity contribution in [1.82, 2.24) is 9.55 Å². The second-order valence-corrected chi connectivity index (χ2v) is 4.28. The Kier molecular flexibility index (Phi) is 3.06. The van der Waals surface area contributed by atoms with Gasteiger partial charge in [-0.2, -0.15) is 0 Å². The normalized spacial score (nSPS) is 10.6. The molecule has 2 rings (SSSR count). The summed E-state index contributed by atoms with van der Waals surface area (Å²) in [5.74, 6) is -0.288. The second-order valence-electron chi connectivity index (χ2n) is 4.28. The van der Waals surface area contributed by atoms with Gasteiger partial charge in [0, 0.05) is 0 Å². The minimum absolute atomic E-state index is 0.140. The molecule has 0 bridgehead atoms. The summed E-state index contributed by atoms with van der Waals surface area (Å²) in [6.07, 6.45) is 0. The molecule has 1 aromatic carbocycles. The number of benzene rings is 1. The van der Waals surface area contributed by atoms with Crippen LogP contribution < -0.4 is 11.2 Å². The Morgan fingerprint density at radius 2 is 1.78 bits per heavy atom. The molecule has 0 radical (unpaired) electrons. The van der Waals surface area contributed by atoms with E-state index in [0.717, 1.165) is 15.7 Å². The predicted octanol–water partition coefficient (Wildman–Crippen LogP) is 0.907. The lowest BCUT2D eigenvalue weighted by Gasteiger charge is -2.09. The number of aromatic amines is 1. The smallest absolute Gasteiger partial charge is 0.331 e. The van der Waals surface area contributed by atoms with Crippen LogP contribution in [0.4, 0.5) is 0 Å². The Morgan fingerprint density at radius 3 is 2.39 bits per heavy atom. The fourth-order valence-electron chi connectivity index (χ4n) is 1.68. The molecule has 0 saturated heterocycles. The highest BCUT2D eigenvalue weighted by molar-refractivity contribution is 5.25. The van der Waals surface area contributed by atoms with Crippen LogP contribution >= 0.6 is 0 Å². The zero-order chi connectivity index (χ0) is 13.3. The van der Waals surface area contributed by atoms with Gasteiger partial charge in [0.05, 0.1) is 12.1 Å². The van der Waals surface area contributed by atoms with Crippen molar-refractivity contribution in [2.75, 3.05) is 0 Å². The molecule has 0 spiro atoms. The van der Waals surface area contributed by atoms with Crippen molar-refractivity contribution in [3.63, 3.8) is 0 Å². The number of nitrogens with one attached hydrogen (secondary N) is 1. The number of rotatable bonds is 2. The molecule has 2 N–H and O–H groups in total. The summed E-state index contributed by atoms with van der Waals surface area (Å²) in [5.41, 5.74) is 0.973. The van der Waals surface area contributed by atoms with Crippen molar-refractivity contribution in [2.24, 2.45) is 0 Å². The Bertz CT molecular complexity index is 681. The van der Waals surface area contributed by atoms with E-state index in [0.29, 0.717) is 0 Å². The summed E-state index contributed by atoms with van der Waals surface area (Å²) in [7, 11) is 0. The molecule has 0 aliphatic carbocycles. The van der Waals surface area contributed by atoms with E-state index in [-0.39, 0.29) is 18.0 Å². The Hall–Kier alpha value is -2.30. The van der Waals surface area contributed by atoms with Crippen LogP contribution in [-0.4, -0.2) is 14.7 Å². The zero-order valence-electron chi connectivity index (χ0n) is 10.2. The summed E-state index contributed by atoms with van der Waals surface area (Å²) in [5, 5.41) is 9.82. The monoisotopic (exact) mass is 246 g/mol. The van der Waals surface area contributed by atoms with E-state index in [9.17, 15) is 14.7 Å². The van der Waals surface area contributed by atoms with Crippen LogP contribution in [0, 0.1) is 13.8 Å². The van der Waals surface area contributed by atoms with Gasteiger partial charge in [-0.3, -0.25) is 14.3 Å². The number of aryl methyl sites for hydroxylation is 1. The lowest BCUT2D eigenvalue weighted by Crippen LogP contribution is -2.31. The molecular weight excluding hydrogens is 232 g/mol. The first kappa shape index (κ1) is 12.2. The molecule has 5 nitrogen and oxygen atoms in total. The topological polar surface area (TPSA) is 75.1 Å². The first-order valence-corrected chi connectivity index (χ1v) is 5.57. The summed E-state index contributed by atoms with van der Waals surface area (Å²) in [6.45, 7) is 3.67. The number of aromatic hydroxyl groups is 1. The van der Waals surface area contributed by atoms with Crippen LogP contribution in [0.25, 0.3) is 0 Å². The summed E-state index contributed by atoms with van der Waals surface area (Å²) in [6, 6.07) is 7.61. The predicted molar refractivity (Wildman–Crippen MR) is 68.0 cm³/mol. The van der Waals surface area contributed by atoms with Gasteiger partial charge in [0.25, 0.3) is 5.56 Å². The van der Waals surface area contributed by atoms with Crippen molar-refractivity contribution in [2.45, 2.75) is 20.4 Å². The maximum Gasteiger partial charge on any atom is 0.331 e. The molecule has 18 heavy (non-hydrogen) atoms. The highest BCUT2D eigenvalue weighted by Gasteiger charge is 2.10. The highest BCUT2D eigenvalue weighted by Crippen LogP contribution is 2.11. The van der Waals surface area contributed by atoms with Gasteiger partial charge in [0.1, 0.15) is 0 Å². The molecular formula is C13H14N2O3. The molecule has 2 aromatic rings. The molecule has 0 amide bonds. The third-order valence-corrected chi connectivity index (χ3v) is 2.86. The average Bonchev–Trinajstić information content (AvgIpc) is 2.34. The van der Waals surface area contributed by atoms with Gasteiger partial charge in [0.2, 0.25) is 5.88 Å². The van der Waals surface area contributed by atoms with Gasteiger partial charge in [-0.1, -0.05) is 29.8 Å².